The van der Waals surface area contributed by atoms with E-state index in [-0.39, 0.29) is 18.0 Å². The maximum Gasteiger partial charge on any atom is 0.237 e. The number of nitrogens with one attached hydrogen (secondary N) is 2. The lowest BCUT2D eigenvalue weighted by Gasteiger charge is -2.17. The summed E-state index contributed by atoms with van der Waals surface area (Å²) in [5.74, 6) is -0.0498. The molecule has 3 N–H and O–H groups in total. The molecule has 0 aromatic carbocycles. The molecule has 3 atom stereocenters. The number of aliphatic hydroxyl groups excluding tert-OH is 1. The normalized spacial score (nSPS) is 25.1. The lowest BCUT2D eigenvalue weighted by Crippen LogP contribution is -2.41. The van der Waals surface area contributed by atoms with Crippen molar-refractivity contribution in [2.45, 2.75) is 44.9 Å². The lowest BCUT2D eigenvalue weighted by atomic mass is 10.1. The molecule has 2 rings (SSSR count). The number of amides is 1. The number of rotatable bonds is 4. The zero-order chi connectivity index (χ0) is 13.1. The fourth-order valence-corrected chi connectivity index (χ4v) is 2.99. The first-order valence-corrected chi connectivity index (χ1v) is 7.12. The molecular weight excluding hydrogens is 250 g/mol. The molecule has 1 aromatic rings. The van der Waals surface area contributed by atoms with Crippen molar-refractivity contribution >= 4 is 17.2 Å². The van der Waals surface area contributed by atoms with Gasteiger partial charge in [-0.05, 0) is 19.8 Å². The van der Waals surface area contributed by atoms with Gasteiger partial charge >= 0.3 is 0 Å². The summed E-state index contributed by atoms with van der Waals surface area (Å²) in [7, 11) is 0. The van der Waals surface area contributed by atoms with Gasteiger partial charge in [-0.15, -0.1) is 11.3 Å². The van der Waals surface area contributed by atoms with Crippen LogP contribution in [0.1, 0.15) is 36.5 Å². The van der Waals surface area contributed by atoms with Crippen molar-refractivity contribution in [1.82, 2.24) is 15.6 Å². The molecular formula is C12H19N3O2S. The molecule has 1 amide bonds. The summed E-state index contributed by atoms with van der Waals surface area (Å²) in [5.41, 5.74) is 0.983. The average molecular weight is 269 g/mol. The van der Waals surface area contributed by atoms with E-state index >= 15 is 0 Å². The van der Waals surface area contributed by atoms with E-state index in [1.807, 2.05) is 19.2 Å². The Morgan fingerprint density at radius 3 is 3.06 bits per heavy atom. The molecule has 1 aliphatic heterocycles. The Hall–Kier alpha value is -0.980. The summed E-state index contributed by atoms with van der Waals surface area (Å²) >= 11 is 1.57. The third-order valence-corrected chi connectivity index (χ3v) is 4.16. The Kier molecular flexibility index (Phi) is 4.31. The maximum atomic E-state index is 12.0. The fraction of sp³-hybridized carbons (Fsp3) is 0.667. The molecule has 1 saturated heterocycles. The molecule has 0 saturated carbocycles. The number of carbonyl (C=O) groups excluding carboxylic acids is 1. The summed E-state index contributed by atoms with van der Waals surface area (Å²) < 4.78 is 0. The van der Waals surface area contributed by atoms with Crippen molar-refractivity contribution in [3.8, 4) is 0 Å². The van der Waals surface area contributed by atoms with E-state index in [1.165, 1.54) is 0 Å². The predicted octanol–water partition coefficient (Wildman–Crippen LogP) is 0.742. The van der Waals surface area contributed by atoms with Crippen LogP contribution in [-0.2, 0) is 4.79 Å². The molecule has 1 aliphatic rings. The summed E-state index contributed by atoms with van der Waals surface area (Å²) in [6, 6.07) is -0.314. The monoisotopic (exact) mass is 269 g/mol. The Balaban J connectivity index is 1.96. The fourth-order valence-electron chi connectivity index (χ4n) is 2.06. The summed E-state index contributed by atoms with van der Waals surface area (Å²) in [6.07, 6.45) is 0.885. The standard InChI is InChI=1S/C12H19N3O2S/c1-3-9(12-14-7(2)6-18-12)15-11(17)10-4-8(16)5-13-10/h6,8-10,13,16H,3-5H2,1-2H3,(H,15,17)/t8-,9-,10+/m0/s1. The lowest BCUT2D eigenvalue weighted by molar-refractivity contribution is -0.123. The zero-order valence-corrected chi connectivity index (χ0v) is 11.5. The van der Waals surface area contributed by atoms with Gasteiger partial charge in [0.15, 0.2) is 0 Å². The topological polar surface area (TPSA) is 74.2 Å². The van der Waals surface area contributed by atoms with Crippen molar-refractivity contribution in [3.63, 3.8) is 0 Å². The number of aryl methyl sites for hydroxylation is 1. The summed E-state index contributed by atoms with van der Waals surface area (Å²) in [6.45, 7) is 4.47. The Morgan fingerprint density at radius 2 is 2.56 bits per heavy atom. The molecule has 0 bridgehead atoms. The van der Waals surface area contributed by atoms with Gasteiger partial charge in [0.25, 0.3) is 0 Å². The van der Waals surface area contributed by atoms with Crippen LogP contribution < -0.4 is 10.6 Å². The predicted molar refractivity (Wildman–Crippen MR) is 70.4 cm³/mol. The minimum Gasteiger partial charge on any atom is -0.392 e. The second-order valence-electron chi connectivity index (χ2n) is 4.65. The Bertz CT molecular complexity index is 421. The van der Waals surface area contributed by atoms with Gasteiger partial charge in [0, 0.05) is 17.6 Å². The molecule has 6 heteroatoms. The minimum atomic E-state index is -0.414. The maximum absolute atomic E-state index is 12.0. The van der Waals surface area contributed by atoms with Crippen LogP contribution in [0.2, 0.25) is 0 Å². The number of thiazole rings is 1. The van der Waals surface area contributed by atoms with Crippen LogP contribution in [0.5, 0.6) is 0 Å². The van der Waals surface area contributed by atoms with Gasteiger partial charge in [0.1, 0.15) is 5.01 Å². The van der Waals surface area contributed by atoms with E-state index in [0.29, 0.717) is 13.0 Å². The number of carbonyl (C=O) groups is 1. The molecule has 0 unspecified atom stereocenters. The molecule has 100 valence electrons. The number of aliphatic hydroxyl groups is 1. The van der Waals surface area contributed by atoms with Crippen molar-refractivity contribution in [2.24, 2.45) is 0 Å². The van der Waals surface area contributed by atoms with Crippen LogP contribution in [0.25, 0.3) is 0 Å². The van der Waals surface area contributed by atoms with Crippen LogP contribution in [0.15, 0.2) is 5.38 Å². The van der Waals surface area contributed by atoms with Crippen molar-refractivity contribution in [2.75, 3.05) is 6.54 Å². The summed E-state index contributed by atoms with van der Waals surface area (Å²) in [4.78, 5) is 16.4. The highest BCUT2D eigenvalue weighted by Crippen LogP contribution is 2.21. The first-order chi connectivity index (χ1) is 8.60. The smallest absolute Gasteiger partial charge is 0.237 e. The van der Waals surface area contributed by atoms with E-state index in [4.69, 9.17) is 0 Å². The van der Waals surface area contributed by atoms with Crippen molar-refractivity contribution in [1.29, 1.82) is 0 Å². The van der Waals surface area contributed by atoms with Gasteiger partial charge in [-0.2, -0.15) is 0 Å². The average Bonchev–Trinajstić information content (AvgIpc) is 2.94. The third kappa shape index (κ3) is 3.07. The zero-order valence-electron chi connectivity index (χ0n) is 10.6. The van der Waals surface area contributed by atoms with E-state index in [9.17, 15) is 9.90 Å². The number of β-amino-alcohol motifs (C(OH)–C–C–N with tert-alkyl or cyclic N) is 1. The van der Waals surface area contributed by atoms with E-state index in [0.717, 1.165) is 17.1 Å². The molecule has 5 nitrogen and oxygen atoms in total. The SMILES string of the molecule is CC[C@H](NC(=O)[C@H]1C[C@H](O)CN1)c1nc(C)cs1. The molecule has 1 aromatic heterocycles. The molecule has 0 aliphatic carbocycles. The number of aromatic nitrogens is 1. The van der Waals surface area contributed by atoms with Crippen LogP contribution >= 0.6 is 11.3 Å². The third-order valence-electron chi connectivity index (χ3n) is 3.08. The van der Waals surface area contributed by atoms with E-state index in [2.05, 4.69) is 15.6 Å². The first kappa shape index (κ1) is 13.5. The van der Waals surface area contributed by atoms with Gasteiger partial charge in [-0.3, -0.25) is 4.79 Å². The molecule has 18 heavy (non-hydrogen) atoms. The van der Waals surface area contributed by atoms with Gasteiger partial charge in [0.2, 0.25) is 5.91 Å². The highest BCUT2D eigenvalue weighted by molar-refractivity contribution is 7.09. The van der Waals surface area contributed by atoms with Crippen molar-refractivity contribution in [3.05, 3.63) is 16.1 Å². The van der Waals surface area contributed by atoms with Gasteiger partial charge < -0.3 is 15.7 Å². The first-order valence-electron chi connectivity index (χ1n) is 6.24. The number of nitrogens with zero attached hydrogens (tertiary/aromatic N) is 1. The van der Waals surface area contributed by atoms with Crippen molar-refractivity contribution < 1.29 is 9.90 Å². The highest BCUT2D eigenvalue weighted by atomic mass is 32.1. The van der Waals surface area contributed by atoms with E-state index < -0.39 is 6.10 Å². The molecule has 0 spiro atoms. The second kappa shape index (κ2) is 5.77. The Morgan fingerprint density at radius 1 is 1.78 bits per heavy atom. The van der Waals surface area contributed by atoms with Crippen LogP contribution in [-0.4, -0.2) is 34.7 Å². The Labute approximate surface area is 111 Å². The molecule has 1 fully saturated rings. The van der Waals surface area contributed by atoms with Crippen LogP contribution in [0.3, 0.4) is 0 Å². The van der Waals surface area contributed by atoms with Gasteiger partial charge in [-0.25, -0.2) is 4.98 Å². The quantitative estimate of drug-likeness (QED) is 0.754. The molecule has 0 radical (unpaired) electrons. The van der Waals surface area contributed by atoms with E-state index in [1.54, 1.807) is 11.3 Å². The second-order valence-corrected chi connectivity index (χ2v) is 5.54. The van der Waals surface area contributed by atoms with Gasteiger partial charge in [0.05, 0.1) is 18.2 Å². The largest absolute Gasteiger partial charge is 0.392 e. The number of hydrogen-bond acceptors (Lipinski definition) is 5. The minimum absolute atomic E-state index is 0.0317. The highest BCUT2D eigenvalue weighted by Gasteiger charge is 2.29. The van der Waals surface area contributed by atoms with Gasteiger partial charge in [-0.1, -0.05) is 6.92 Å². The molecule has 2 heterocycles. The van der Waals surface area contributed by atoms with Crippen LogP contribution in [0.4, 0.5) is 0 Å². The summed E-state index contributed by atoms with van der Waals surface area (Å²) in [5, 5.41) is 18.3. The van der Waals surface area contributed by atoms with Crippen LogP contribution in [0, 0.1) is 6.92 Å². The number of hydrogen-bond donors (Lipinski definition) is 3.